The highest BCUT2D eigenvalue weighted by Gasteiger charge is 2.10. The van der Waals surface area contributed by atoms with E-state index in [9.17, 15) is 4.79 Å². The van der Waals surface area contributed by atoms with Crippen LogP contribution in [0.1, 0.15) is 17.3 Å². The number of imidazole rings is 1. The molecule has 1 unspecified atom stereocenters. The van der Waals surface area contributed by atoms with Gasteiger partial charge in [-0.15, -0.1) is 0 Å². The van der Waals surface area contributed by atoms with Crippen molar-refractivity contribution in [3.05, 3.63) is 60.4 Å². The molecule has 0 aliphatic rings. The van der Waals surface area contributed by atoms with Gasteiger partial charge in [-0.2, -0.15) is 0 Å². The lowest BCUT2D eigenvalue weighted by Crippen LogP contribution is -2.35. The van der Waals surface area contributed by atoms with E-state index in [1.165, 1.54) is 0 Å². The first-order valence-electron chi connectivity index (χ1n) is 7.51. The third kappa shape index (κ3) is 3.24. The van der Waals surface area contributed by atoms with Crippen molar-refractivity contribution in [2.45, 2.75) is 13.0 Å². The van der Waals surface area contributed by atoms with Crippen LogP contribution in [0.2, 0.25) is 0 Å². The van der Waals surface area contributed by atoms with Gasteiger partial charge >= 0.3 is 0 Å². The number of amides is 1. The molecule has 3 rings (SSSR count). The molecule has 0 fully saturated rings. The molecule has 23 heavy (non-hydrogen) atoms. The van der Waals surface area contributed by atoms with Gasteiger partial charge in [-0.25, -0.2) is 4.98 Å². The van der Waals surface area contributed by atoms with Gasteiger partial charge < -0.3 is 10.1 Å². The topological polar surface area (TPSA) is 56.1 Å². The van der Waals surface area contributed by atoms with Gasteiger partial charge in [-0.1, -0.05) is 12.1 Å². The van der Waals surface area contributed by atoms with Gasteiger partial charge in [0.15, 0.2) is 0 Å². The van der Waals surface area contributed by atoms with Gasteiger partial charge in [0.25, 0.3) is 5.91 Å². The van der Waals surface area contributed by atoms with Crippen molar-refractivity contribution in [3.8, 4) is 5.69 Å². The van der Waals surface area contributed by atoms with Crippen LogP contribution in [0.5, 0.6) is 0 Å². The van der Waals surface area contributed by atoms with Gasteiger partial charge in [0.1, 0.15) is 6.33 Å². The minimum absolute atomic E-state index is 0.0234. The minimum Gasteiger partial charge on any atom is -0.383 e. The van der Waals surface area contributed by atoms with Gasteiger partial charge in [-0.3, -0.25) is 9.36 Å². The predicted molar refractivity (Wildman–Crippen MR) is 89.9 cm³/mol. The van der Waals surface area contributed by atoms with Crippen molar-refractivity contribution in [2.24, 2.45) is 0 Å². The fourth-order valence-corrected chi connectivity index (χ4v) is 2.54. The van der Waals surface area contributed by atoms with E-state index in [0.29, 0.717) is 12.2 Å². The third-order valence-electron chi connectivity index (χ3n) is 3.66. The molecule has 5 nitrogen and oxygen atoms in total. The Morgan fingerprint density at radius 3 is 2.70 bits per heavy atom. The van der Waals surface area contributed by atoms with Crippen molar-refractivity contribution in [2.75, 3.05) is 13.7 Å². The molecular formula is C18H19N3O2. The number of rotatable bonds is 5. The van der Waals surface area contributed by atoms with E-state index in [-0.39, 0.29) is 11.9 Å². The molecule has 1 N–H and O–H groups in total. The van der Waals surface area contributed by atoms with Gasteiger partial charge in [0.05, 0.1) is 17.6 Å². The second-order valence-electron chi connectivity index (χ2n) is 5.48. The molecule has 1 atom stereocenters. The van der Waals surface area contributed by atoms with Gasteiger partial charge in [-0.05, 0) is 43.3 Å². The van der Waals surface area contributed by atoms with E-state index in [1.807, 2.05) is 60.0 Å². The van der Waals surface area contributed by atoms with Crippen molar-refractivity contribution < 1.29 is 9.53 Å². The average Bonchev–Trinajstić information content (AvgIpc) is 2.99. The van der Waals surface area contributed by atoms with E-state index < -0.39 is 0 Å². The normalized spacial score (nSPS) is 12.3. The zero-order chi connectivity index (χ0) is 16.2. The monoisotopic (exact) mass is 309 g/mol. The number of methoxy groups -OCH3 is 1. The maximum absolute atomic E-state index is 12.2. The highest BCUT2D eigenvalue weighted by atomic mass is 16.5. The fraction of sp³-hybridized carbons (Fsp3) is 0.222. The summed E-state index contributed by atoms with van der Waals surface area (Å²) in [5, 5.41) is 2.90. The Bertz CT molecular complexity index is 809. The van der Waals surface area contributed by atoms with E-state index in [4.69, 9.17) is 4.74 Å². The van der Waals surface area contributed by atoms with E-state index >= 15 is 0 Å². The molecule has 0 saturated heterocycles. The van der Waals surface area contributed by atoms with Crippen LogP contribution in [-0.4, -0.2) is 35.2 Å². The SMILES string of the molecule is COCC(C)NC(=O)c1ccc(-n2cnc3ccccc32)cc1. The fourth-order valence-electron chi connectivity index (χ4n) is 2.54. The summed E-state index contributed by atoms with van der Waals surface area (Å²) >= 11 is 0. The van der Waals surface area contributed by atoms with Crippen LogP contribution in [0.4, 0.5) is 0 Å². The number of para-hydroxylation sites is 2. The molecule has 0 radical (unpaired) electrons. The number of aromatic nitrogens is 2. The number of hydrogen-bond donors (Lipinski definition) is 1. The molecule has 1 heterocycles. The Morgan fingerprint density at radius 1 is 1.22 bits per heavy atom. The molecule has 0 aliphatic heterocycles. The van der Waals surface area contributed by atoms with E-state index in [0.717, 1.165) is 16.7 Å². The summed E-state index contributed by atoms with van der Waals surface area (Å²) in [6, 6.07) is 15.4. The number of hydrogen-bond acceptors (Lipinski definition) is 3. The summed E-state index contributed by atoms with van der Waals surface area (Å²) in [5.41, 5.74) is 3.59. The second-order valence-corrected chi connectivity index (χ2v) is 5.48. The molecule has 1 aromatic heterocycles. The summed E-state index contributed by atoms with van der Waals surface area (Å²) in [7, 11) is 1.62. The minimum atomic E-state index is -0.100. The molecular weight excluding hydrogens is 290 g/mol. The van der Waals surface area contributed by atoms with Gasteiger partial charge in [0, 0.05) is 24.4 Å². The molecule has 5 heteroatoms. The summed E-state index contributed by atoms with van der Waals surface area (Å²) in [6.45, 7) is 2.40. The van der Waals surface area contributed by atoms with Crippen LogP contribution in [0, 0.1) is 0 Å². The van der Waals surface area contributed by atoms with Crippen LogP contribution in [0.25, 0.3) is 16.7 Å². The lowest BCUT2D eigenvalue weighted by atomic mass is 10.1. The summed E-state index contributed by atoms with van der Waals surface area (Å²) < 4.78 is 7.03. The summed E-state index contributed by atoms with van der Waals surface area (Å²) in [5.74, 6) is -0.100. The number of benzene rings is 2. The van der Waals surface area contributed by atoms with E-state index in [1.54, 1.807) is 13.4 Å². The lowest BCUT2D eigenvalue weighted by molar-refractivity contribution is 0.0905. The van der Waals surface area contributed by atoms with Gasteiger partial charge in [0.2, 0.25) is 0 Å². The molecule has 0 saturated carbocycles. The first kappa shape index (κ1) is 15.2. The first-order chi connectivity index (χ1) is 11.2. The zero-order valence-corrected chi connectivity index (χ0v) is 13.2. The standard InChI is InChI=1S/C18H19N3O2/c1-13(11-23-2)20-18(22)14-7-9-15(10-8-14)21-12-19-16-5-3-4-6-17(16)21/h3-10,12-13H,11H2,1-2H3,(H,20,22). The summed E-state index contributed by atoms with van der Waals surface area (Å²) in [4.78, 5) is 16.5. The Balaban J connectivity index is 1.81. The van der Waals surface area contributed by atoms with Crippen LogP contribution in [0.3, 0.4) is 0 Å². The largest absolute Gasteiger partial charge is 0.383 e. The van der Waals surface area contributed by atoms with Crippen molar-refractivity contribution in [3.63, 3.8) is 0 Å². The maximum Gasteiger partial charge on any atom is 0.251 e. The third-order valence-corrected chi connectivity index (χ3v) is 3.66. The maximum atomic E-state index is 12.2. The number of nitrogens with one attached hydrogen (secondary N) is 1. The van der Waals surface area contributed by atoms with Crippen molar-refractivity contribution in [1.82, 2.24) is 14.9 Å². The quantitative estimate of drug-likeness (QED) is 0.788. The Morgan fingerprint density at radius 2 is 1.96 bits per heavy atom. The molecule has 3 aromatic rings. The predicted octanol–water partition coefficient (Wildman–Crippen LogP) is 2.79. The highest BCUT2D eigenvalue weighted by Crippen LogP contribution is 2.18. The lowest BCUT2D eigenvalue weighted by Gasteiger charge is -2.13. The number of fused-ring (bicyclic) bond motifs is 1. The summed E-state index contributed by atoms with van der Waals surface area (Å²) in [6.07, 6.45) is 1.79. The number of ether oxygens (including phenoxy) is 1. The Kier molecular flexibility index (Phi) is 4.39. The number of carbonyl (C=O) groups excluding carboxylic acids is 1. The highest BCUT2D eigenvalue weighted by molar-refractivity contribution is 5.94. The number of nitrogens with zero attached hydrogens (tertiary/aromatic N) is 2. The molecule has 2 aromatic carbocycles. The van der Waals surface area contributed by atoms with Crippen molar-refractivity contribution >= 4 is 16.9 Å². The van der Waals surface area contributed by atoms with Crippen LogP contribution in [-0.2, 0) is 4.74 Å². The molecule has 1 amide bonds. The number of carbonyl (C=O) groups is 1. The Labute approximate surface area is 134 Å². The van der Waals surface area contributed by atoms with Crippen LogP contribution in [0.15, 0.2) is 54.9 Å². The second kappa shape index (κ2) is 6.62. The smallest absolute Gasteiger partial charge is 0.251 e. The first-order valence-corrected chi connectivity index (χ1v) is 7.51. The van der Waals surface area contributed by atoms with Crippen molar-refractivity contribution in [1.29, 1.82) is 0 Å². The Hall–Kier alpha value is -2.66. The molecule has 0 aliphatic carbocycles. The zero-order valence-electron chi connectivity index (χ0n) is 13.2. The molecule has 0 bridgehead atoms. The molecule has 0 spiro atoms. The van der Waals surface area contributed by atoms with Crippen LogP contribution >= 0.6 is 0 Å². The molecule has 118 valence electrons. The van der Waals surface area contributed by atoms with Crippen LogP contribution < -0.4 is 5.32 Å². The van der Waals surface area contributed by atoms with E-state index in [2.05, 4.69) is 10.3 Å². The average molecular weight is 309 g/mol.